The first-order chi connectivity index (χ1) is 19.9. The maximum atomic E-state index is 13.4. The van der Waals surface area contributed by atoms with E-state index in [1.807, 2.05) is 49.4 Å². The summed E-state index contributed by atoms with van der Waals surface area (Å²) in [5.74, 6) is -0.440. The number of amides is 3. The number of H-pyrrole nitrogens is 1. The Bertz CT molecular complexity index is 1630. The number of benzene rings is 2. The minimum absolute atomic E-state index is 0.0925. The van der Waals surface area contributed by atoms with Gasteiger partial charge in [0.15, 0.2) is 0 Å². The number of piperidine rings is 1. The molecular weight excluding hydrogens is 520 g/mol. The molecule has 10 nitrogen and oxygen atoms in total. The smallest absolute Gasteiger partial charge is 0.407 e. The van der Waals surface area contributed by atoms with E-state index in [4.69, 9.17) is 5.11 Å². The molecule has 3 heterocycles. The van der Waals surface area contributed by atoms with Crippen molar-refractivity contribution in [1.29, 1.82) is 5.26 Å². The van der Waals surface area contributed by atoms with Crippen LogP contribution in [0, 0.1) is 17.2 Å². The molecular formula is C31H30N6O4. The Morgan fingerprint density at radius 1 is 1.10 bits per heavy atom. The topological polar surface area (TPSA) is 142 Å². The van der Waals surface area contributed by atoms with Crippen LogP contribution in [0.5, 0.6) is 0 Å². The fraction of sp³-hybridized carbons (Fsp3) is 0.258. The van der Waals surface area contributed by atoms with Gasteiger partial charge in [-0.3, -0.25) is 14.6 Å². The van der Waals surface area contributed by atoms with Crippen molar-refractivity contribution >= 4 is 34.5 Å². The van der Waals surface area contributed by atoms with E-state index >= 15 is 0 Å². The van der Waals surface area contributed by atoms with Crippen molar-refractivity contribution in [3.63, 3.8) is 0 Å². The van der Waals surface area contributed by atoms with Gasteiger partial charge in [-0.05, 0) is 73.4 Å². The molecule has 10 heteroatoms. The van der Waals surface area contributed by atoms with Gasteiger partial charge in [-0.2, -0.15) is 5.26 Å². The van der Waals surface area contributed by atoms with Crippen LogP contribution in [0.3, 0.4) is 0 Å². The average Bonchev–Trinajstić information content (AvgIpc) is 3.43. The van der Waals surface area contributed by atoms with E-state index in [-0.39, 0.29) is 24.3 Å². The van der Waals surface area contributed by atoms with Crippen molar-refractivity contribution in [3.8, 4) is 17.2 Å². The van der Waals surface area contributed by atoms with E-state index in [0.29, 0.717) is 49.3 Å². The van der Waals surface area contributed by atoms with Crippen LogP contribution in [0.2, 0.25) is 0 Å². The summed E-state index contributed by atoms with van der Waals surface area (Å²) in [5, 5.41) is 22.2. The Hall–Kier alpha value is -5.17. The number of aromatic amines is 1. The highest BCUT2D eigenvalue weighted by atomic mass is 16.4. The Labute approximate surface area is 237 Å². The first kappa shape index (κ1) is 27.4. The summed E-state index contributed by atoms with van der Waals surface area (Å²) in [6, 6.07) is 18.9. The van der Waals surface area contributed by atoms with Gasteiger partial charge in [-0.25, -0.2) is 4.79 Å². The molecule has 208 valence electrons. The van der Waals surface area contributed by atoms with Gasteiger partial charge >= 0.3 is 6.09 Å². The second kappa shape index (κ2) is 11.9. The van der Waals surface area contributed by atoms with Crippen molar-refractivity contribution in [3.05, 3.63) is 83.8 Å². The summed E-state index contributed by atoms with van der Waals surface area (Å²) in [7, 11) is 0. The van der Waals surface area contributed by atoms with Crippen LogP contribution in [0.15, 0.2) is 67.0 Å². The molecule has 0 atom stereocenters. The number of carbonyl (C=O) groups excluding carboxylic acids is 2. The van der Waals surface area contributed by atoms with Gasteiger partial charge in [0.1, 0.15) is 6.07 Å². The quantitative estimate of drug-likeness (QED) is 0.302. The van der Waals surface area contributed by atoms with Crippen LogP contribution in [0.25, 0.3) is 22.0 Å². The van der Waals surface area contributed by atoms with Crippen LogP contribution in [0.1, 0.15) is 41.4 Å². The number of anilines is 1. The van der Waals surface area contributed by atoms with Crippen molar-refractivity contribution in [2.75, 3.05) is 24.5 Å². The summed E-state index contributed by atoms with van der Waals surface area (Å²) in [6.45, 7) is 3.37. The van der Waals surface area contributed by atoms with Crippen LogP contribution in [-0.2, 0) is 11.3 Å². The van der Waals surface area contributed by atoms with Gasteiger partial charge in [0.25, 0.3) is 5.91 Å². The monoisotopic (exact) mass is 550 g/mol. The maximum absolute atomic E-state index is 13.4. The summed E-state index contributed by atoms with van der Waals surface area (Å²) < 4.78 is 0. The van der Waals surface area contributed by atoms with Crippen molar-refractivity contribution in [2.24, 2.45) is 5.92 Å². The summed E-state index contributed by atoms with van der Waals surface area (Å²) in [4.78, 5) is 47.6. The largest absolute Gasteiger partial charge is 0.465 e. The Morgan fingerprint density at radius 2 is 1.85 bits per heavy atom. The zero-order chi connectivity index (χ0) is 28.9. The Balaban J connectivity index is 1.24. The minimum atomic E-state index is -0.949. The number of likely N-dealkylation sites (tertiary alicyclic amines) is 1. The molecule has 0 unspecified atom stereocenters. The van der Waals surface area contributed by atoms with Gasteiger partial charge in [-0.15, -0.1) is 0 Å². The number of nitrogens with one attached hydrogen (secondary N) is 2. The second-order valence-corrected chi connectivity index (χ2v) is 9.97. The standard InChI is InChI=1S/C31H30N6O4/c1-2-37(26-7-8-28-27(16-26)24(17-32)18-34-28)30(39)22-5-3-20(4-6-22)23-9-12-33-25(15-23)19-35-29(38)21-10-13-36(14-11-21)31(40)41/h3-9,12,15-16,18,21,34H,2,10-11,13-14,19H2,1H3,(H,35,38)(H,40,41). The lowest BCUT2D eigenvalue weighted by atomic mass is 9.96. The molecule has 0 aliphatic carbocycles. The molecule has 1 aliphatic heterocycles. The first-order valence-electron chi connectivity index (χ1n) is 13.5. The predicted octanol–water partition coefficient (Wildman–Crippen LogP) is 4.77. The zero-order valence-electron chi connectivity index (χ0n) is 22.6. The summed E-state index contributed by atoms with van der Waals surface area (Å²) in [5.41, 5.74) is 5.16. The highest BCUT2D eigenvalue weighted by molar-refractivity contribution is 6.07. The van der Waals surface area contributed by atoms with Crippen LogP contribution < -0.4 is 10.2 Å². The molecule has 2 aromatic carbocycles. The Morgan fingerprint density at radius 3 is 2.54 bits per heavy atom. The normalized spacial score (nSPS) is 13.5. The van der Waals surface area contributed by atoms with E-state index < -0.39 is 6.09 Å². The molecule has 0 bridgehead atoms. The fourth-order valence-corrected chi connectivity index (χ4v) is 5.18. The van der Waals surface area contributed by atoms with Crippen LogP contribution in [0.4, 0.5) is 10.5 Å². The third-order valence-corrected chi connectivity index (χ3v) is 7.52. The molecule has 0 saturated carbocycles. The number of nitriles is 1. The number of hydrogen-bond donors (Lipinski definition) is 3. The van der Waals surface area contributed by atoms with Crippen molar-refractivity contribution < 1.29 is 19.5 Å². The SMILES string of the molecule is CCN(C(=O)c1ccc(-c2ccnc(CNC(=O)C3CCN(C(=O)O)CC3)c2)cc1)c1ccc2[nH]cc(C#N)c2c1. The van der Waals surface area contributed by atoms with E-state index in [9.17, 15) is 19.6 Å². The molecule has 5 rings (SSSR count). The number of carbonyl (C=O) groups is 3. The molecule has 1 fully saturated rings. The molecule has 41 heavy (non-hydrogen) atoms. The second-order valence-electron chi connectivity index (χ2n) is 9.97. The number of fused-ring (bicyclic) bond motifs is 1. The highest BCUT2D eigenvalue weighted by Gasteiger charge is 2.27. The Kier molecular flexibility index (Phi) is 7.97. The number of carboxylic acid groups (broad SMARTS) is 1. The fourth-order valence-electron chi connectivity index (χ4n) is 5.18. The molecule has 0 spiro atoms. The number of pyridine rings is 1. The molecule has 3 N–H and O–H groups in total. The maximum Gasteiger partial charge on any atom is 0.407 e. The highest BCUT2D eigenvalue weighted by Crippen LogP contribution is 2.27. The van der Waals surface area contributed by atoms with Gasteiger partial charge in [0, 0.05) is 60.1 Å². The molecule has 0 radical (unpaired) electrons. The minimum Gasteiger partial charge on any atom is -0.465 e. The molecule has 2 aromatic heterocycles. The molecule has 1 saturated heterocycles. The third kappa shape index (κ3) is 5.89. The number of hydrogen-bond acceptors (Lipinski definition) is 5. The van der Waals surface area contributed by atoms with E-state index in [2.05, 4.69) is 21.4 Å². The van der Waals surface area contributed by atoms with Gasteiger partial charge in [-0.1, -0.05) is 12.1 Å². The molecule has 1 aliphatic rings. The predicted molar refractivity (Wildman–Crippen MR) is 154 cm³/mol. The van der Waals surface area contributed by atoms with Gasteiger partial charge < -0.3 is 25.2 Å². The van der Waals surface area contributed by atoms with E-state index in [1.165, 1.54) is 4.90 Å². The number of nitrogens with zero attached hydrogens (tertiary/aromatic N) is 4. The molecule has 3 amide bonds. The number of rotatable bonds is 7. The zero-order valence-corrected chi connectivity index (χ0v) is 22.6. The van der Waals surface area contributed by atoms with Crippen molar-refractivity contribution in [1.82, 2.24) is 20.2 Å². The lowest BCUT2D eigenvalue weighted by Crippen LogP contribution is -2.42. The van der Waals surface area contributed by atoms with Crippen LogP contribution in [-0.4, -0.2) is 57.5 Å². The lowest BCUT2D eigenvalue weighted by molar-refractivity contribution is -0.126. The third-order valence-electron chi connectivity index (χ3n) is 7.52. The summed E-state index contributed by atoms with van der Waals surface area (Å²) in [6.07, 6.45) is 3.42. The molecule has 4 aromatic rings. The van der Waals surface area contributed by atoms with Gasteiger partial charge in [0.2, 0.25) is 5.91 Å². The van der Waals surface area contributed by atoms with Crippen LogP contribution >= 0.6 is 0 Å². The first-order valence-corrected chi connectivity index (χ1v) is 13.5. The number of aromatic nitrogens is 2. The van der Waals surface area contributed by atoms with Crippen molar-refractivity contribution in [2.45, 2.75) is 26.3 Å². The summed E-state index contributed by atoms with van der Waals surface area (Å²) >= 11 is 0. The van der Waals surface area contributed by atoms with E-state index in [1.54, 1.807) is 29.4 Å². The average molecular weight is 551 g/mol. The van der Waals surface area contributed by atoms with Gasteiger partial charge in [0.05, 0.1) is 17.8 Å². The van der Waals surface area contributed by atoms with E-state index in [0.717, 1.165) is 27.7 Å². The lowest BCUT2D eigenvalue weighted by Gasteiger charge is -2.29.